The summed E-state index contributed by atoms with van der Waals surface area (Å²) >= 11 is 0. The summed E-state index contributed by atoms with van der Waals surface area (Å²) in [5, 5.41) is 14.1. The number of oxazole rings is 2. The van der Waals surface area contributed by atoms with E-state index in [1.807, 2.05) is 98.8 Å². The van der Waals surface area contributed by atoms with Crippen LogP contribution in [0.4, 0.5) is 0 Å². The molecule has 318 valence electrons. The highest BCUT2D eigenvalue weighted by Gasteiger charge is 2.27. The molecule has 2 aromatic heterocycles. The Morgan fingerprint density at radius 2 is 1.00 bits per heavy atom. The van der Waals surface area contributed by atoms with E-state index in [0.717, 1.165) is 45.2 Å². The minimum Gasteiger partial charge on any atom is -0.493 e. The van der Waals surface area contributed by atoms with Gasteiger partial charge < -0.3 is 38.8 Å². The van der Waals surface area contributed by atoms with E-state index >= 15 is 0 Å². The number of carboxylic acid groups (broad SMARTS) is 1. The number of ether oxygens (including phenoxy) is 3. The smallest absolute Gasteiger partial charge is 0.318 e. The predicted octanol–water partition coefficient (Wildman–Crippen LogP) is 6.61. The Morgan fingerprint density at radius 1 is 0.607 bits per heavy atom. The first-order valence-electron chi connectivity index (χ1n) is 19.7. The van der Waals surface area contributed by atoms with E-state index in [1.54, 1.807) is 24.3 Å². The number of methoxy groups -OCH3 is 1. The molecule has 2 amide bonds. The van der Waals surface area contributed by atoms with Gasteiger partial charge in [0.15, 0.2) is 0 Å². The van der Waals surface area contributed by atoms with E-state index < -0.39 is 29.7 Å². The number of aliphatic carboxylic acids is 1. The van der Waals surface area contributed by atoms with Crippen molar-refractivity contribution in [2.45, 2.75) is 39.5 Å². The first kappa shape index (κ1) is 44.9. The topological polar surface area (TPSA) is 192 Å². The van der Waals surface area contributed by atoms with Crippen molar-refractivity contribution in [3.8, 4) is 34.4 Å². The number of carboxylic acids is 1. The average Bonchev–Trinajstić information content (AvgIpc) is 3.86. The number of amides is 2. The van der Waals surface area contributed by atoms with E-state index in [4.69, 9.17) is 23.0 Å². The summed E-state index contributed by atoms with van der Waals surface area (Å²) in [5.41, 5.74) is 5.17. The Balaban J connectivity index is 0.000000231. The summed E-state index contributed by atoms with van der Waals surface area (Å²) < 4.78 is 27.9. The second-order valence-corrected chi connectivity index (χ2v) is 13.9. The monoisotopic (exact) mass is 830 g/mol. The first-order chi connectivity index (χ1) is 29.5. The molecule has 0 spiro atoms. The molecule has 2 unspecified atom stereocenters. The third-order valence-corrected chi connectivity index (χ3v) is 9.68. The van der Waals surface area contributed by atoms with Crippen molar-refractivity contribution in [3.05, 3.63) is 143 Å². The van der Waals surface area contributed by atoms with Gasteiger partial charge in [0.05, 0.1) is 31.7 Å². The summed E-state index contributed by atoms with van der Waals surface area (Å²) in [6.45, 7) is 4.66. The van der Waals surface area contributed by atoms with Gasteiger partial charge in [-0.15, -0.1) is 0 Å². The zero-order valence-electron chi connectivity index (χ0n) is 34.8. The Bertz CT molecular complexity index is 2320. The van der Waals surface area contributed by atoms with Gasteiger partial charge in [-0.3, -0.25) is 19.2 Å². The number of hydrogen-bond donors (Lipinski definition) is 3. The van der Waals surface area contributed by atoms with Crippen LogP contribution in [-0.4, -0.2) is 73.2 Å². The van der Waals surface area contributed by atoms with Crippen LogP contribution in [0.1, 0.15) is 34.0 Å². The van der Waals surface area contributed by atoms with Crippen molar-refractivity contribution in [1.29, 1.82) is 0 Å². The van der Waals surface area contributed by atoms with Crippen LogP contribution in [0.2, 0.25) is 0 Å². The van der Waals surface area contributed by atoms with Gasteiger partial charge in [0.1, 0.15) is 34.9 Å². The standard InChI is InChI=1S/C24H26N2O5.C23H24N2O5/c1-16-21(26-23(31-16)18-7-5-4-6-8-18)13-14-30-19-11-9-17(10-12-19)15-20(22(27)25-2)24(28)29-3;1-15-20(25-22(30-15)17-6-4-3-5-7-17)12-13-29-18-10-8-16(9-11-18)14-19(23(27)28)21(26)24-2/h4-12,20H,13-15H2,1-3H3,(H,25,27);3-11,19H,12-14H2,1-2H3,(H,24,26)(H,27,28). The van der Waals surface area contributed by atoms with E-state index in [9.17, 15) is 24.3 Å². The Kier molecular flexibility index (Phi) is 16.4. The molecule has 0 aliphatic rings. The van der Waals surface area contributed by atoms with Gasteiger partial charge in [-0.2, -0.15) is 0 Å². The molecular formula is C47H50N4O10. The highest BCUT2D eigenvalue weighted by atomic mass is 16.5. The minimum absolute atomic E-state index is 0.121. The van der Waals surface area contributed by atoms with Gasteiger partial charge in [-0.05, 0) is 86.3 Å². The molecule has 14 heteroatoms. The van der Waals surface area contributed by atoms with Crippen LogP contribution < -0.4 is 20.1 Å². The number of aromatic nitrogens is 2. The molecule has 61 heavy (non-hydrogen) atoms. The summed E-state index contributed by atoms with van der Waals surface area (Å²) in [6.07, 6.45) is 1.59. The quantitative estimate of drug-likeness (QED) is 0.0621. The maximum absolute atomic E-state index is 11.9. The molecule has 6 aromatic rings. The summed E-state index contributed by atoms with van der Waals surface area (Å²) in [7, 11) is 4.19. The van der Waals surface area contributed by atoms with Gasteiger partial charge in [0.25, 0.3) is 0 Å². The van der Waals surface area contributed by atoms with Crippen molar-refractivity contribution in [2.24, 2.45) is 11.8 Å². The number of hydrogen-bond acceptors (Lipinski definition) is 11. The van der Waals surface area contributed by atoms with Crippen LogP contribution in [-0.2, 0) is 49.6 Å². The Labute approximate surface area is 354 Å². The molecule has 2 atom stereocenters. The fourth-order valence-corrected chi connectivity index (χ4v) is 6.24. The number of nitrogens with zero attached hydrogens (tertiary/aromatic N) is 2. The Hall–Kier alpha value is -7.22. The largest absolute Gasteiger partial charge is 0.493 e. The first-order valence-corrected chi connectivity index (χ1v) is 19.7. The average molecular weight is 831 g/mol. The zero-order valence-corrected chi connectivity index (χ0v) is 34.8. The predicted molar refractivity (Wildman–Crippen MR) is 227 cm³/mol. The van der Waals surface area contributed by atoms with Crippen LogP contribution >= 0.6 is 0 Å². The second-order valence-electron chi connectivity index (χ2n) is 13.9. The van der Waals surface area contributed by atoms with Crippen molar-refractivity contribution in [1.82, 2.24) is 20.6 Å². The lowest BCUT2D eigenvalue weighted by molar-refractivity contribution is -0.150. The summed E-state index contributed by atoms with van der Waals surface area (Å²) in [6, 6.07) is 33.9. The molecule has 0 saturated heterocycles. The summed E-state index contributed by atoms with van der Waals surface area (Å²) in [4.78, 5) is 55.9. The van der Waals surface area contributed by atoms with Gasteiger partial charge in [0, 0.05) is 38.1 Å². The van der Waals surface area contributed by atoms with Crippen LogP contribution in [0.25, 0.3) is 22.9 Å². The summed E-state index contributed by atoms with van der Waals surface area (Å²) in [5.74, 6) is -0.479. The lowest BCUT2D eigenvalue weighted by Gasteiger charge is -2.13. The van der Waals surface area contributed by atoms with Gasteiger partial charge in [-0.1, -0.05) is 60.7 Å². The molecular weight excluding hydrogens is 781 g/mol. The fraction of sp³-hybridized carbons (Fsp3) is 0.277. The molecule has 0 aliphatic heterocycles. The number of carbonyl (C=O) groups is 4. The van der Waals surface area contributed by atoms with Crippen molar-refractivity contribution in [3.63, 3.8) is 0 Å². The maximum Gasteiger partial charge on any atom is 0.318 e. The Morgan fingerprint density at radius 3 is 1.38 bits per heavy atom. The zero-order chi connectivity index (χ0) is 43.7. The van der Waals surface area contributed by atoms with E-state index in [2.05, 4.69) is 20.6 Å². The van der Waals surface area contributed by atoms with Gasteiger partial charge in [-0.25, -0.2) is 9.97 Å². The molecule has 0 aliphatic carbocycles. The molecule has 14 nitrogen and oxygen atoms in total. The highest BCUT2D eigenvalue weighted by molar-refractivity contribution is 5.98. The lowest BCUT2D eigenvalue weighted by atomic mass is 9.98. The second kappa shape index (κ2) is 22.2. The number of esters is 1. The highest BCUT2D eigenvalue weighted by Crippen LogP contribution is 2.24. The number of carbonyl (C=O) groups excluding carboxylic acids is 3. The van der Waals surface area contributed by atoms with Crippen molar-refractivity contribution >= 4 is 23.8 Å². The number of aryl methyl sites for hydroxylation is 2. The maximum atomic E-state index is 11.9. The van der Waals surface area contributed by atoms with Crippen LogP contribution in [0.3, 0.4) is 0 Å². The third kappa shape index (κ3) is 12.9. The molecule has 0 saturated carbocycles. The molecule has 0 radical (unpaired) electrons. The minimum atomic E-state index is -1.15. The van der Waals surface area contributed by atoms with E-state index in [1.165, 1.54) is 21.2 Å². The van der Waals surface area contributed by atoms with Gasteiger partial charge >= 0.3 is 11.9 Å². The van der Waals surface area contributed by atoms with Crippen LogP contribution in [0, 0.1) is 25.7 Å². The molecule has 0 fully saturated rings. The van der Waals surface area contributed by atoms with Crippen molar-refractivity contribution in [2.75, 3.05) is 34.4 Å². The van der Waals surface area contributed by atoms with Crippen molar-refractivity contribution < 1.29 is 47.3 Å². The van der Waals surface area contributed by atoms with Gasteiger partial charge in [0.2, 0.25) is 23.6 Å². The van der Waals surface area contributed by atoms with Crippen LogP contribution in [0.5, 0.6) is 11.5 Å². The number of rotatable bonds is 18. The van der Waals surface area contributed by atoms with Crippen LogP contribution in [0.15, 0.2) is 118 Å². The normalized spacial score (nSPS) is 11.6. The van der Waals surface area contributed by atoms with E-state index in [-0.39, 0.29) is 18.7 Å². The fourth-order valence-electron chi connectivity index (χ4n) is 6.24. The number of benzene rings is 4. The molecule has 6 rings (SSSR count). The van der Waals surface area contributed by atoms with E-state index in [0.29, 0.717) is 49.3 Å². The third-order valence-electron chi connectivity index (χ3n) is 9.68. The molecule has 2 heterocycles. The lowest BCUT2D eigenvalue weighted by Crippen LogP contribution is -2.35. The molecule has 3 N–H and O–H groups in total. The number of nitrogens with one attached hydrogen (secondary N) is 2. The SMILES string of the molecule is CNC(=O)C(Cc1ccc(OCCc2nc(-c3ccccc3)oc2C)cc1)C(=O)O.CNC(=O)C(Cc1ccc(OCCc2nc(-c3ccccc3)oc2C)cc1)C(=O)OC. The molecule has 4 aromatic carbocycles. The molecule has 0 bridgehead atoms.